The first-order valence-electron chi connectivity index (χ1n) is 6.40. The van der Waals surface area contributed by atoms with E-state index in [0.717, 1.165) is 11.8 Å². The van der Waals surface area contributed by atoms with Crippen molar-refractivity contribution in [2.45, 2.75) is 16.6 Å². The molecule has 0 spiro atoms. The van der Waals surface area contributed by atoms with Crippen molar-refractivity contribution in [1.29, 1.82) is 0 Å². The third kappa shape index (κ3) is 5.12. The molecule has 0 aliphatic heterocycles. The van der Waals surface area contributed by atoms with E-state index in [1.54, 1.807) is 30.6 Å². The molecule has 8 heteroatoms. The molecular weight excluding hydrogens is 322 g/mol. The third-order valence-electron chi connectivity index (χ3n) is 2.72. The number of nitrogens with zero attached hydrogens (tertiary/aromatic N) is 2. The van der Waals surface area contributed by atoms with Crippen molar-refractivity contribution in [3.63, 3.8) is 0 Å². The Bertz CT molecular complexity index is 732. The highest BCUT2D eigenvalue weighted by Crippen LogP contribution is 2.11. The SMILES string of the molecule is CS(=O)(=O)c1ccc(CNC(=O)CSc2ncccn2)cc1. The maximum atomic E-state index is 11.7. The van der Waals surface area contributed by atoms with E-state index in [1.165, 1.54) is 23.9 Å². The molecule has 22 heavy (non-hydrogen) atoms. The van der Waals surface area contributed by atoms with Crippen LogP contribution in [0.25, 0.3) is 0 Å². The number of hydrogen-bond acceptors (Lipinski definition) is 6. The molecule has 2 rings (SSSR count). The lowest BCUT2D eigenvalue weighted by Gasteiger charge is -2.06. The molecule has 0 radical (unpaired) electrons. The van der Waals surface area contributed by atoms with Crippen LogP contribution in [0.15, 0.2) is 52.8 Å². The Morgan fingerprint density at radius 2 is 1.82 bits per heavy atom. The second-order valence-electron chi connectivity index (χ2n) is 4.51. The van der Waals surface area contributed by atoms with E-state index in [1.807, 2.05) is 0 Å². The molecule has 116 valence electrons. The summed E-state index contributed by atoms with van der Waals surface area (Å²) in [6, 6.07) is 8.14. The van der Waals surface area contributed by atoms with Gasteiger partial charge in [0.2, 0.25) is 5.91 Å². The van der Waals surface area contributed by atoms with Gasteiger partial charge in [-0.25, -0.2) is 18.4 Å². The Balaban J connectivity index is 1.81. The molecule has 0 saturated heterocycles. The van der Waals surface area contributed by atoms with Crippen molar-refractivity contribution in [2.24, 2.45) is 0 Å². The monoisotopic (exact) mass is 337 g/mol. The maximum Gasteiger partial charge on any atom is 0.230 e. The summed E-state index contributed by atoms with van der Waals surface area (Å²) in [5, 5.41) is 3.31. The number of carbonyl (C=O) groups is 1. The number of benzene rings is 1. The smallest absolute Gasteiger partial charge is 0.230 e. The zero-order valence-corrected chi connectivity index (χ0v) is 13.5. The van der Waals surface area contributed by atoms with Crippen molar-refractivity contribution >= 4 is 27.5 Å². The summed E-state index contributed by atoms with van der Waals surface area (Å²) in [7, 11) is -3.19. The van der Waals surface area contributed by atoms with E-state index in [9.17, 15) is 13.2 Å². The minimum atomic E-state index is -3.19. The molecule has 0 bridgehead atoms. The molecule has 0 fully saturated rings. The van der Waals surface area contributed by atoms with Crippen LogP contribution in [-0.2, 0) is 21.2 Å². The summed E-state index contributed by atoms with van der Waals surface area (Å²) in [5.41, 5.74) is 0.835. The summed E-state index contributed by atoms with van der Waals surface area (Å²) >= 11 is 1.26. The largest absolute Gasteiger partial charge is 0.351 e. The molecule has 2 aromatic rings. The predicted octanol–water partition coefficient (Wildman–Crippen LogP) is 1.29. The van der Waals surface area contributed by atoms with Gasteiger partial charge in [-0.2, -0.15) is 0 Å². The molecule has 1 N–H and O–H groups in total. The molecule has 0 saturated carbocycles. The van der Waals surface area contributed by atoms with E-state index in [-0.39, 0.29) is 16.6 Å². The summed E-state index contributed by atoms with van der Waals surface area (Å²) < 4.78 is 22.7. The van der Waals surface area contributed by atoms with Gasteiger partial charge >= 0.3 is 0 Å². The van der Waals surface area contributed by atoms with Crippen LogP contribution in [0.4, 0.5) is 0 Å². The van der Waals surface area contributed by atoms with Crippen LogP contribution in [0, 0.1) is 0 Å². The Kier molecular flexibility index (Phi) is 5.51. The van der Waals surface area contributed by atoms with Gasteiger partial charge in [0.15, 0.2) is 15.0 Å². The van der Waals surface area contributed by atoms with Gasteiger partial charge in [-0.15, -0.1) is 0 Å². The van der Waals surface area contributed by atoms with Crippen LogP contribution in [0.1, 0.15) is 5.56 Å². The van der Waals surface area contributed by atoms with Gasteiger partial charge in [0.05, 0.1) is 10.6 Å². The Labute approximate surface area is 133 Å². The van der Waals surface area contributed by atoms with E-state index >= 15 is 0 Å². The maximum absolute atomic E-state index is 11.7. The molecule has 1 heterocycles. The summed E-state index contributed by atoms with van der Waals surface area (Å²) in [5.74, 6) is 0.0930. The Hall–Kier alpha value is -1.93. The lowest BCUT2D eigenvalue weighted by atomic mass is 10.2. The number of carbonyl (C=O) groups excluding carboxylic acids is 1. The minimum absolute atomic E-state index is 0.135. The average molecular weight is 337 g/mol. The molecule has 0 unspecified atom stereocenters. The van der Waals surface area contributed by atoms with Crippen LogP contribution < -0.4 is 5.32 Å². The lowest BCUT2D eigenvalue weighted by Crippen LogP contribution is -2.24. The molecule has 1 amide bonds. The predicted molar refractivity (Wildman–Crippen MR) is 84.2 cm³/mol. The number of thioether (sulfide) groups is 1. The quantitative estimate of drug-likeness (QED) is 0.631. The highest BCUT2D eigenvalue weighted by molar-refractivity contribution is 7.99. The highest BCUT2D eigenvalue weighted by Gasteiger charge is 2.07. The normalized spacial score (nSPS) is 11.1. The van der Waals surface area contributed by atoms with Gasteiger partial charge in [-0.05, 0) is 23.8 Å². The van der Waals surface area contributed by atoms with Crippen molar-refractivity contribution in [2.75, 3.05) is 12.0 Å². The fraction of sp³-hybridized carbons (Fsp3) is 0.214. The van der Waals surface area contributed by atoms with Gasteiger partial charge in [0, 0.05) is 25.2 Å². The fourth-order valence-electron chi connectivity index (χ4n) is 1.60. The number of hydrogen-bond donors (Lipinski definition) is 1. The zero-order valence-electron chi connectivity index (χ0n) is 11.9. The van der Waals surface area contributed by atoms with Crippen LogP contribution >= 0.6 is 11.8 Å². The molecule has 1 aromatic heterocycles. The van der Waals surface area contributed by atoms with Crippen molar-refractivity contribution in [3.05, 3.63) is 48.3 Å². The van der Waals surface area contributed by atoms with Crippen molar-refractivity contribution in [1.82, 2.24) is 15.3 Å². The topological polar surface area (TPSA) is 89.0 Å². The standard InChI is InChI=1S/C14H15N3O3S2/c1-22(19,20)12-5-3-11(4-6-12)9-17-13(18)10-21-14-15-7-2-8-16-14/h2-8H,9-10H2,1H3,(H,17,18). The van der Waals surface area contributed by atoms with Crippen molar-refractivity contribution in [3.8, 4) is 0 Å². The average Bonchev–Trinajstić information content (AvgIpc) is 2.51. The van der Waals surface area contributed by atoms with E-state index < -0.39 is 9.84 Å². The number of aromatic nitrogens is 2. The Morgan fingerprint density at radius 1 is 1.18 bits per heavy atom. The van der Waals surface area contributed by atoms with Crippen LogP contribution in [0.5, 0.6) is 0 Å². The zero-order chi connectivity index (χ0) is 16.0. The second-order valence-corrected chi connectivity index (χ2v) is 7.47. The van der Waals surface area contributed by atoms with E-state index in [4.69, 9.17) is 0 Å². The number of rotatable bonds is 6. The van der Waals surface area contributed by atoms with Gasteiger partial charge in [-0.1, -0.05) is 23.9 Å². The number of nitrogens with one attached hydrogen (secondary N) is 1. The van der Waals surface area contributed by atoms with E-state index in [2.05, 4.69) is 15.3 Å². The van der Waals surface area contributed by atoms with Crippen LogP contribution in [0.2, 0.25) is 0 Å². The molecule has 1 aromatic carbocycles. The first-order chi connectivity index (χ1) is 10.4. The number of sulfone groups is 1. The van der Waals surface area contributed by atoms with Gasteiger partial charge in [0.1, 0.15) is 0 Å². The van der Waals surface area contributed by atoms with Gasteiger partial charge in [0.25, 0.3) is 0 Å². The second kappa shape index (κ2) is 7.37. The fourth-order valence-corrected chi connectivity index (χ4v) is 2.86. The Morgan fingerprint density at radius 3 is 2.41 bits per heavy atom. The first-order valence-corrected chi connectivity index (χ1v) is 9.28. The third-order valence-corrected chi connectivity index (χ3v) is 4.72. The molecule has 0 aliphatic rings. The lowest BCUT2D eigenvalue weighted by molar-refractivity contribution is -0.118. The van der Waals surface area contributed by atoms with Crippen LogP contribution in [0.3, 0.4) is 0 Å². The van der Waals surface area contributed by atoms with Gasteiger partial charge < -0.3 is 5.32 Å². The first kappa shape index (κ1) is 16.4. The molecular formula is C14H15N3O3S2. The molecule has 0 aliphatic carbocycles. The summed E-state index contributed by atoms with van der Waals surface area (Å²) in [4.78, 5) is 20.0. The molecule has 0 atom stereocenters. The summed E-state index contributed by atoms with van der Waals surface area (Å²) in [6.07, 6.45) is 4.40. The van der Waals surface area contributed by atoms with Gasteiger partial charge in [-0.3, -0.25) is 4.79 Å². The van der Waals surface area contributed by atoms with E-state index in [0.29, 0.717) is 11.7 Å². The minimum Gasteiger partial charge on any atom is -0.351 e. The summed E-state index contributed by atoms with van der Waals surface area (Å²) in [6.45, 7) is 0.346. The molecule has 6 nitrogen and oxygen atoms in total. The highest BCUT2D eigenvalue weighted by atomic mass is 32.2. The van der Waals surface area contributed by atoms with Crippen LogP contribution in [-0.4, -0.2) is 36.3 Å². The number of amides is 1. The van der Waals surface area contributed by atoms with Crippen molar-refractivity contribution < 1.29 is 13.2 Å².